The molecule has 4 aliphatic rings. The number of amides is 1. The number of rotatable bonds is 11. The minimum Gasteiger partial charge on any atom is -0.455 e. The number of hydrogen-bond donors (Lipinski definition) is 4. The summed E-state index contributed by atoms with van der Waals surface area (Å²) >= 11 is 0. The van der Waals surface area contributed by atoms with E-state index in [1.165, 1.54) is 38.4 Å². The van der Waals surface area contributed by atoms with Gasteiger partial charge in [0.05, 0.1) is 22.9 Å². The molecule has 15 nitrogen and oxygen atoms in total. The number of nitro groups is 1. The standard InChI is InChI=1S/C39H49N9O6S/c1-25-3-2-14-47(25)30-20-39(21-30)11-15-46(16-12-39)29-8-9-33(35(18-29)54-31-17-27-10-13-41-36(27)43-23-31)38(49)45-55(52,53)32-19-34(48(50)51)37(44-24-32)42-22-26-4-6-28(40)7-5-26/h8-10,13,17-19,23-26,28,30H,2-7,11-12,14-16,20-22,40H2,1H3,(H,41,43)(H,42,44)(H,45,49). The van der Waals surface area contributed by atoms with Crippen LogP contribution < -0.4 is 25.4 Å². The molecule has 5 heterocycles. The summed E-state index contributed by atoms with van der Waals surface area (Å²) in [6.07, 6.45) is 15.1. The molecule has 2 aliphatic heterocycles. The summed E-state index contributed by atoms with van der Waals surface area (Å²) in [6, 6.07) is 11.2. The van der Waals surface area contributed by atoms with Gasteiger partial charge < -0.3 is 25.7 Å². The van der Waals surface area contributed by atoms with Crippen LogP contribution in [-0.4, -0.2) is 83.4 Å². The number of nitrogens with one attached hydrogen (secondary N) is 3. The van der Waals surface area contributed by atoms with Gasteiger partial charge in [0.2, 0.25) is 5.82 Å². The Morgan fingerprint density at radius 2 is 1.84 bits per heavy atom. The van der Waals surface area contributed by atoms with E-state index in [1.807, 2.05) is 12.1 Å². The number of anilines is 2. The molecule has 5 N–H and O–H groups in total. The molecule has 292 valence electrons. The fraction of sp³-hybridized carbons (Fsp3) is 0.513. The maximum Gasteiger partial charge on any atom is 0.312 e. The van der Waals surface area contributed by atoms with Gasteiger partial charge >= 0.3 is 5.69 Å². The van der Waals surface area contributed by atoms with E-state index in [4.69, 9.17) is 10.5 Å². The summed E-state index contributed by atoms with van der Waals surface area (Å²) in [4.78, 5) is 41.2. The number of nitrogens with two attached hydrogens (primary N) is 1. The van der Waals surface area contributed by atoms with Crippen LogP contribution in [0.25, 0.3) is 11.0 Å². The lowest BCUT2D eigenvalue weighted by Gasteiger charge is -2.55. The van der Waals surface area contributed by atoms with E-state index in [9.17, 15) is 23.3 Å². The van der Waals surface area contributed by atoms with Crippen LogP contribution in [0, 0.1) is 21.4 Å². The van der Waals surface area contributed by atoms with Gasteiger partial charge in [0.25, 0.3) is 15.9 Å². The van der Waals surface area contributed by atoms with Crippen molar-refractivity contribution in [3.05, 3.63) is 70.7 Å². The monoisotopic (exact) mass is 771 g/mol. The molecular formula is C39H49N9O6S. The van der Waals surface area contributed by atoms with Crippen molar-refractivity contribution in [3.63, 3.8) is 0 Å². The molecule has 16 heteroatoms. The first-order chi connectivity index (χ1) is 26.4. The minimum atomic E-state index is -4.58. The van der Waals surface area contributed by atoms with Crippen molar-refractivity contribution in [2.24, 2.45) is 17.1 Å². The van der Waals surface area contributed by atoms with Gasteiger partial charge in [-0.1, -0.05) is 0 Å². The molecule has 1 atom stereocenters. The van der Waals surface area contributed by atoms with E-state index < -0.39 is 31.4 Å². The first-order valence-electron chi connectivity index (χ1n) is 19.4. The molecule has 2 aliphatic carbocycles. The van der Waals surface area contributed by atoms with E-state index >= 15 is 0 Å². The summed E-state index contributed by atoms with van der Waals surface area (Å²) in [7, 11) is -4.58. The van der Waals surface area contributed by atoms with Gasteiger partial charge in [0.15, 0.2) is 0 Å². The first-order valence-corrected chi connectivity index (χ1v) is 20.9. The average molecular weight is 772 g/mol. The zero-order valence-corrected chi connectivity index (χ0v) is 31.9. The van der Waals surface area contributed by atoms with Crippen molar-refractivity contribution in [1.82, 2.24) is 24.6 Å². The van der Waals surface area contributed by atoms with Crippen molar-refractivity contribution >= 4 is 44.2 Å². The van der Waals surface area contributed by atoms with Crippen LogP contribution in [0.2, 0.25) is 0 Å². The first kappa shape index (κ1) is 37.1. The number of likely N-dealkylation sites (tertiary alicyclic amines) is 1. The van der Waals surface area contributed by atoms with Gasteiger partial charge in [-0.2, -0.15) is 0 Å². The number of nitrogens with zero attached hydrogens (tertiary/aromatic N) is 5. The summed E-state index contributed by atoms with van der Waals surface area (Å²) < 4.78 is 35.5. The van der Waals surface area contributed by atoms with Crippen LogP contribution in [0.4, 0.5) is 17.2 Å². The van der Waals surface area contributed by atoms with Gasteiger partial charge in [-0.15, -0.1) is 0 Å². The van der Waals surface area contributed by atoms with Gasteiger partial charge in [-0.25, -0.2) is 23.1 Å². The summed E-state index contributed by atoms with van der Waals surface area (Å²) in [6.45, 7) is 5.74. The molecule has 1 unspecified atom stereocenters. The van der Waals surface area contributed by atoms with Crippen LogP contribution in [0.3, 0.4) is 0 Å². The number of benzene rings is 1. The van der Waals surface area contributed by atoms with E-state index in [-0.39, 0.29) is 29.1 Å². The third-order valence-corrected chi connectivity index (χ3v) is 13.7. The van der Waals surface area contributed by atoms with Crippen molar-refractivity contribution in [1.29, 1.82) is 0 Å². The lowest BCUT2D eigenvalue weighted by molar-refractivity contribution is -0.384. The van der Waals surface area contributed by atoms with Crippen LogP contribution >= 0.6 is 0 Å². The van der Waals surface area contributed by atoms with Crippen molar-refractivity contribution in [2.75, 3.05) is 36.4 Å². The highest BCUT2D eigenvalue weighted by atomic mass is 32.2. The summed E-state index contributed by atoms with van der Waals surface area (Å²) in [5, 5.41) is 15.8. The lowest BCUT2D eigenvalue weighted by Crippen LogP contribution is -2.55. The Hall–Kier alpha value is -4.80. The van der Waals surface area contributed by atoms with Crippen LogP contribution in [0.15, 0.2) is 59.9 Å². The molecule has 1 aromatic carbocycles. The van der Waals surface area contributed by atoms with Crippen LogP contribution in [0.1, 0.15) is 81.5 Å². The number of piperidine rings is 1. The Kier molecular flexibility index (Phi) is 10.2. The second-order valence-corrected chi connectivity index (χ2v) is 17.7. The molecule has 2 saturated heterocycles. The maximum atomic E-state index is 13.8. The number of ether oxygens (including phenoxy) is 1. The Morgan fingerprint density at radius 3 is 2.56 bits per heavy atom. The molecule has 4 fully saturated rings. The number of fused-ring (bicyclic) bond motifs is 1. The van der Waals surface area contributed by atoms with E-state index in [0.29, 0.717) is 35.4 Å². The largest absolute Gasteiger partial charge is 0.455 e. The zero-order chi connectivity index (χ0) is 38.3. The maximum absolute atomic E-state index is 13.8. The summed E-state index contributed by atoms with van der Waals surface area (Å²) in [5.74, 6) is -0.188. The number of carbonyl (C=O) groups excluding carboxylic acids is 1. The molecule has 0 bridgehead atoms. The van der Waals surface area contributed by atoms with Crippen LogP contribution in [-0.2, 0) is 10.0 Å². The SMILES string of the molecule is CC1CCCN1C1CC2(CCN(c3ccc(C(=O)NS(=O)(=O)c4cnc(NCC5CCC(N)CC5)c([N+](=O)[O-])c4)c(Oc4cnc5[nH]ccc5c4)c3)CC2)C1. The Bertz CT molecular complexity index is 2170. The number of carbonyl (C=O) groups is 1. The van der Waals surface area contributed by atoms with Gasteiger partial charge in [-0.05, 0) is 113 Å². The van der Waals surface area contributed by atoms with E-state index in [0.717, 1.165) is 75.0 Å². The molecule has 1 amide bonds. The average Bonchev–Trinajstić information content (AvgIpc) is 3.81. The fourth-order valence-electron chi connectivity index (χ4n) is 9.13. The number of sulfonamides is 1. The predicted molar refractivity (Wildman–Crippen MR) is 209 cm³/mol. The van der Waals surface area contributed by atoms with Gasteiger partial charge in [0.1, 0.15) is 22.0 Å². The number of pyridine rings is 2. The molecule has 1 spiro atoms. The lowest BCUT2D eigenvalue weighted by atomic mass is 9.60. The minimum absolute atomic E-state index is 0.0236. The quantitative estimate of drug-likeness (QED) is 0.103. The number of hydrogen-bond acceptors (Lipinski definition) is 12. The smallest absolute Gasteiger partial charge is 0.312 e. The molecule has 8 rings (SSSR count). The third-order valence-electron chi connectivity index (χ3n) is 12.4. The Morgan fingerprint density at radius 1 is 1.05 bits per heavy atom. The second-order valence-electron chi connectivity index (χ2n) is 16.0. The van der Waals surface area contributed by atoms with Gasteiger partial charge in [0, 0.05) is 67.2 Å². The second kappa shape index (κ2) is 15.0. The molecule has 55 heavy (non-hydrogen) atoms. The van der Waals surface area contributed by atoms with E-state index in [2.05, 4.69) is 41.7 Å². The molecular weight excluding hydrogens is 723 g/mol. The highest BCUT2D eigenvalue weighted by Crippen LogP contribution is 2.52. The van der Waals surface area contributed by atoms with Crippen molar-refractivity contribution in [2.45, 2.75) is 94.2 Å². The fourth-order valence-corrected chi connectivity index (χ4v) is 10.1. The van der Waals surface area contributed by atoms with Gasteiger partial charge in [-0.3, -0.25) is 19.8 Å². The topological polar surface area (TPSA) is 202 Å². The number of H-pyrrole nitrogens is 1. The third kappa shape index (κ3) is 7.85. The summed E-state index contributed by atoms with van der Waals surface area (Å²) in [5.41, 5.74) is 7.39. The number of aromatic amines is 1. The molecule has 2 saturated carbocycles. The molecule has 0 radical (unpaired) electrons. The van der Waals surface area contributed by atoms with E-state index in [1.54, 1.807) is 24.4 Å². The normalized spacial score (nSPS) is 23.1. The molecule has 3 aromatic heterocycles. The molecule has 4 aromatic rings. The number of aromatic nitrogens is 3. The Balaban J connectivity index is 0.994. The van der Waals surface area contributed by atoms with Crippen molar-refractivity contribution in [3.8, 4) is 11.5 Å². The van der Waals surface area contributed by atoms with Crippen LogP contribution in [0.5, 0.6) is 11.5 Å². The zero-order valence-electron chi connectivity index (χ0n) is 31.1. The predicted octanol–water partition coefficient (Wildman–Crippen LogP) is 5.94. The van der Waals surface area contributed by atoms with Crippen molar-refractivity contribution < 1.29 is 22.9 Å². The Labute approximate surface area is 320 Å². The highest BCUT2D eigenvalue weighted by Gasteiger charge is 2.49. The highest BCUT2D eigenvalue weighted by molar-refractivity contribution is 7.90.